The molecule has 1 fully saturated rings. The van der Waals surface area contributed by atoms with Crippen LogP contribution < -0.4 is 4.74 Å². The van der Waals surface area contributed by atoms with Crippen molar-refractivity contribution in [1.29, 1.82) is 0 Å². The zero-order valence-corrected chi connectivity index (χ0v) is 9.61. The summed E-state index contributed by atoms with van der Waals surface area (Å²) in [5.74, 6) is 2.37. The molecule has 0 bridgehead atoms. The number of hydrogen-bond donors (Lipinski definition) is 0. The van der Waals surface area contributed by atoms with Gasteiger partial charge in [-0.25, -0.2) is 0 Å². The van der Waals surface area contributed by atoms with Crippen molar-refractivity contribution >= 4 is 5.57 Å². The molecule has 0 saturated heterocycles. The van der Waals surface area contributed by atoms with Crippen LogP contribution in [0.25, 0.3) is 5.57 Å². The fraction of sp³-hybridized carbons (Fsp3) is 0.467. The van der Waals surface area contributed by atoms with Gasteiger partial charge in [0.2, 0.25) is 0 Å². The second kappa shape index (κ2) is 3.97. The molecular weight excluding hydrogens is 196 g/mol. The van der Waals surface area contributed by atoms with Gasteiger partial charge in [0.15, 0.2) is 0 Å². The molecule has 84 valence electrons. The Bertz CT molecular complexity index is 408. The van der Waals surface area contributed by atoms with E-state index in [1.54, 1.807) is 0 Å². The van der Waals surface area contributed by atoms with Crippen LogP contribution in [0.15, 0.2) is 30.8 Å². The van der Waals surface area contributed by atoms with E-state index in [9.17, 15) is 0 Å². The monoisotopic (exact) mass is 214 g/mol. The van der Waals surface area contributed by atoms with Crippen molar-refractivity contribution in [2.24, 2.45) is 11.8 Å². The summed E-state index contributed by atoms with van der Waals surface area (Å²) in [7, 11) is 0. The topological polar surface area (TPSA) is 9.23 Å². The van der Waals surface area contributed by atoms with Crippen LogP contribution in [-0.4, -0.2) is 6.61 Å². The lowest BCUT2D eigenvalue weighted by Crippen LogP contribution is -2.23. The first-order valence-electron chi connectivity index (χ1n) is 6.27. The molecule has 1 aliphatic carbocycles. The second-order valence-corrected chi connectivity index (χ2v) is 4.98. The maximum absolute atomic E-state index is 5.93. The van der Waals surface area contributed by atoms with Gasteiger partial charge < -0.3 is 4.74 Å². The Balaban J connectivity index is 1.99. The molecule has 0 unspecified atom stereocenters. The van der Waals surface area contributed by atoms with Crippen molar-refractivity contribution in [3.05, 3.63) is 36.4 Å². The minimum Gasteiger partial charge on any atom is -0.493 e. The molecule has 0 N–H and O–H groups in total. The van der Waals surface area contributed by atoms with E-state index in [0.29, 0.717) is 11.8 Å². The molecule has 2 atom stereocenters. The van der Waals surface area contributed by atoms with E-state index in [2.05, 4.69) is 24.8 Å². The van der Waals surface area contributed by atoms with Crippen LogP contribution in [0.1, 0.15) is 31.2 Å². The van der Waals surface area contributed by atoms with Crippen molar-refractivity contribution in [3.63, 3.8) is 0 Å². The van der Waals surface area contributed by atoms with Crippen molar-refractivity contribution in [2.75, 3.05) is 6.61 Å². The highest BCUT2D eigenvalue weighted by Crippen LogP contribution is 2.43. The average Bonchev–Trinajstić information content (AvgIpc) is 2.49. The maximum Gasteiger partial charge on any atom is 0.126 e. The Morgan fingerprint density at radius 1 is 1.12 bits per heavy atom. The summed E-state index contributed by atoms with van der Waals surface area (Å²) < 4.78 is 5.93. The number of ether oxygens (including phenoxy) is 1. The van der Waals surface area contributed by atoms with Crippen LogP contribution in [0, 0.1) is 11.8 Å². The smallest absolute Gasteiger partial charge is 0.126 e. The van der Waals surface area contributed by atoms with E-state index in [1.807, 2.05) is 6.07 Å². The van der Waals surface area contributed by atoms with Gasteiger partial charge in [-0.3, -0.25) is 0 Å². The Hall–Kier alpha value is -1.24. The lowest BCUT2D eigenvalue weighted by atomic mass is 9.75. The van der Waals surface area contributed by atoms with Gasteiger partial charge >= 0.3 is 0 Å². The third-order valence-corrected chi connectivity index (χ3v) is 4.04. The molecule has 16 heavy (non-hydrogen) atoms. The quantitative estimate of drug-likeness (QED) is 0.636. The molecule has 1 nitrogen and oxygen atoms in total. The van der Waals surface area contributed by atoms with Gasteiger partial charge in [0, 0.05) is 5.56 Å². The number of fused-ring (bicyclic) bond motifs is 2. The highest BCUT2D eigenvalue weighted by atomic mass is 16.5. The van der Waals surface area contributed by atoms with Crippen molar-refractivity contribution < 1.29 is 4.74 Å². The Morgan fingerprint density at radius 2 is 1.94 bits per heavy atom. The summed E-state index contributed by atoms with van der Waals surface area (Å²) in [6, 6.07) is 8.34. The van der Waals surface area contributed by atoms with E-state index in [4.69, 9.17) is 4.74 Å². The molecule has 1 aromatic rings. The number of benzene rings is 1. The second-order valence-electron chi connectivity index (χ2n) is 4.98. The van der Waals surface area contributed by atoms with Gasteiger partial charge in [-0.1, -0.05) is 37.6 Å². The average molecular weight is 214 g/mol. The molecule has 0 spiro atoms. The Kier molecular flexibility index (Phi) is 2.47. The minimum atomic E-state index is 0.650. The minimum absolute atomic E-state index is 0.650. The fourth-order valence-electron chi connectivity index (χ4n) is 3.12. The van der Waals surface area contributed by atoms with Crippen LogP contribution in [0.5, 0.6) is 5.75 Å². The molecule has 0 radical (unpaired) electrons. The number of allylic oxidation sites excluding steroid dienone is 1. The van der Waals surface area contributed by atoms with Crippen molar-refractivity contribution in [1.82, 2.24) is 0 Å². The lowest BCUT2D eigenvalue weighted by molar-refractivity contribution is 0.186. The van der Waals surface area contributed by atoms with E-state index in [-0.39, 0.29) is 0 Å². The molecule has 1 aliphatic heterocycles. The fourth-order valence-corrected chi connectivity index (χ4v) is 3.12. The highest BCUT2D eigenvalue weighted by molar-refractivity contribution is 5.71. The van der Waals surface area contributed by atoms with E-state index >= 15 is 0 Å². The third kappa shape index (κ3) is 1.55. The molecule has 2 aliphatic rings. The van der Waals surface area contributed by atoms with Crippen LogP contribution >= 0.6 is 0 Å². The molecule has 1 aromatic carbocycles. The summed E-state index contributed by atoms with van der Waals surface area (Å²) in [5, 5.41) is 0. The predicted octanol–water partition coefficient (Wildman–Crippen LogP) is 3.90. The highest BCUT2D eigenvalue weighted by Gasteiger charge is 2.31. The summed E-state index contributed by atoms with van der Waals surface area (Å²) in [5.41, 5.74) is 2.54. The first-order valence-corrected chi connectivity index (χ1v) is 6.27. The Morgan fingerprint density at radius 3 is 2.88 bits per heavy atom. The molecule has 0 aromatic heterocycles. The summed E-state index contributed by atoms with van der Waals surface area (Å²) in [6.07, 6.45) is 5.30. The van der Waals surface area contributed by atoms with E-state index < -0.39 is 0 Å². The number of para-hydroxylation sites is 1. The van der Waals surface area contributed by atoms with Gasteiger partial charge in [0.1, 0.15) is 5.75 Å². The van der Waals surface area contributed by atoms with Gasteiger partial charge in [0.05, 0.1) is 6.61 Å². The van der Waals surface area contributed by atoms with Crippen LogP contribution in [0.3, 0.4) is 0 Å². The predicted molar refractivity (Wildman–Crippen MR) is 66.4 cm³/mol. The Labute approximate surface area is 97.1 Å². The summed E-state index contributed by atoms with van der Waals surface area (Å²) in [4.78, 5) is 0. The van der Waals surface area contributed by atoms with Crippen molar-refractivity contribution in [3.8, 4) is 5.75 Å². The van der Waals surface area contributed by atoms with Gasteiger partial charge in [-0.05, 0) is 36.3 Å². The molecular formula is C15H18O. The first-order chi connectivity index (χ1) is 7.86. The number of rotatable bonds is 0. The molecule has 1 saturated carbocycles. The number of hydrogen-bond acceptors (Lipinski definition) is 1. The SMILES string of the molecule is C=C1c2ccccc2OC[C@@H]2CCCC[C@H]12. The van der Waals surface area contributed by atoms with Gasteiger partial charge in [0.25, 0.3) is 0 Å². The normalized spacial score (nSPS) is 28.6. The van der Waals surface area contributed by atoms with E-state index in [1.165, 1.54) is 36.8 Å². The van der Waals surface area contributed by atoms with E-state index in [0.717, 1.165) is 12.4 Å². The molecule has 1 heterocycles. The summed E-state index contributed by atoms with van der Waals surface area (Å²) in [6.45, 7) is 5.20. The standard InChI is InChI=1S/C15H18O/c1-11-13-7-3-2-6-12(13)10-16-15-9-5-4-8-14(11)15/h4-5,8-9,12-13H,1-3,6-7,10H2/t12-,13+/m0/s1. The lowest BCUT2D eigenvalue weighted by Gasteiger charge is -2.30. The molecule has 3 rings (SSSR count). The zero-order valence-electron chi connectivity index (χ0n) is 9.61. The third-order valence-electron chi connectivity index (χ3n) is 4.04. The van der Waals surface area contributed by atoms with Crippen molar-refractivity contribution in [2.45, 2.75) is 25.7 Å². The largest absolute Gasteiger partial charge is 0.493 e. The van der Waals surface area contributed by atoms with Crippen LogP contribution in [0.2, 0.25) is 0 Å². The van der Waals surface area contributed by atoms with Gasteiger partial charge in [-0.15, -0.1) is 0 Å². The zero-order chi connectivity index (χ0) is 11.0. The first kappa shape index (κ1) is 9.95. The van der Waals surface area contributed by atoms with Crippen LogP contribution in [0.4, 0.5) is 0 Å². The molecule has 0 amide bonds. The van der Waals surface area contributed by atoms with Gasteiger partial charge in [-0.2, -0.15) is 0 Å². The summed E-state index contributed by atoms with van der Waals surface area (Å²) >= 11 is 0. The maximum atomic E-state index is 5.93. The molecule has 1 heteroatoms. The van der Waals surface area contributed by atoms with Crippen LogP contribution in [-0.2, 0) is 0 Å².